The second-order valence-electron chi connectivity index (χ2n) is 7.82. The van der Waals surface area contributed by atoms with E-state index in [2.05, 4.69) is 24.3 Å². The molecular formula is C26H30N2O3. The summed E-state index contributed by atoms with van der Waals surface area (Å²) < 4.78 is 5.47. The van der Waals surface area contributed by atoms with Crippen molar-refractivity contribution >= 4 is 11.6 Å². The zero-order valence-corrected chi connectivity index (χ0v) is 18.4. The minimum absolute atomic E-state index is 0.0357. The monoisotopic (exact) mass is 418 g/mol. The molecule has 0 bridgehead atoms. The number of nitrogens with zero attached hydrogens (tertiary/aromatic N) is 1. The van der Waals surface area contributed by atoms with Crippen LogP contribution in [-0.2, 0) is 13.0 Å². The highest BCUT2D eigenvalue weighted by atomic mass is 16.5. The van der Waals surface area contributed by atoms with Crippen LogP contribution in [0.3, 0.4) is 0 Å². The lowest BCUT2D eigenvalue weighted by atomic mass is 10.0. The van der Waals surface area contributed by atoms with Crippen molar-refractivity contribution in [2.75, 3.05) is 33.1 Å². The van der Waals surface area contributed by atoms with Crippen molar-refractivity contribution in [3.63, 3.8) is 0 Å². The summed E-state index contributed by atoms with van der Waals surface area (Å²) in [7, 11) is 5.76. The number of nitrogens with one attached hydrogen (secondary N) is 1. The van der Waals surface area contributed by atoms with Crippen LogP contribution in [0.5, 0.6) is 5.75 Å². The fourth-order valence-corrected chi connectivity index (χ4v) is 3.45. The lowest BCUT2D eigenvalue weighted by Gasteiger charge is -2.13. The maximum atomic E-state index is 12.8. The van der Waals surface area contributed by atoms with Crippen LogP contribution < -0.4 is 10.1 Å². The molecule has 0 aliphatic carbocycles. The van der Waals surface area contributed by atoms with Crippen LogP contribution in [0.4, 0.5) is 5.69 Å². The van der Waals surface area contributed by atoms with Crippen molar-refractivity contribution in [2.45, 2.75) is 19.4 Å². The number of hydrogen-bond donors (Lipinski definition) is 2. The van der Waals surface area contributed by atoms with Gasteiger partial charge in [-0.2, -0.15) is 0 Å². The van der Waals surface area contributed by atoms with Crippen molar-refractivity contribution in [2.24, 2.45) is 0 Å². The fourth-order valence-electron chi connectivity index (χ4n) is 3.45. The molecule has 0 aliphatic heterocycles. The van der Waals surface area contributed by atoms with Crippen LogP contribution >= 0.6 is 0 Å². The minimum atomic E-state index is -0.142. The van der Waals surface area contributed by atoms with Gasteiger partial charge >= 0.3 is 0 Å². The first-order chi connectivity index (χ1) is 15.0. The Balaban J connectivity index is 1.68. The van der Waals surface area contributed by atoms with Crippen molar-refractivity contribution in [1.29, 1.82) is 0 Å². The molecule has 0 saturated heterocycles. The van der Waals surface area contributed by atoms with E-state index in [-0.39, 0.29) is 12.5 Å². The summed E-state index contributed by atoms with van der Waals surface area (Å²) in [5, 5.41) is 12.1. The van der Waals surface area contributed by atoms with E-state index in [1.54, 1.807) is 13.2 Å². The highest BCUT2D eigenvalue weighted by Gasteiger charge is 2.11. The standard InChI is InChI=1S/C26H30N2O3/c1-28(2)16-4-5-22-17-23(12-15-25(22)31-3)26(30)27-24-13-10-21(11-14-24)20-8-6-19(18-29)7-9-20/h6-15,17,29H,4-5,16,18H2,1-3H3,(H,27,30). The number of methoxy groups -OCH3 is 1. The molecule has 0 atom stereocenters. The minimum Gasteiger partial charge on any atom is -0.496 e. The summed E-state index contributed by atoms with van der Waals surface area (Å²) in [4.78, 5) is 14.9. The van der Waals surface area contributed by atoms with Gasteiger partial charge in [0.05, 0.1) is 13.7 Å². The maximum absolute atomic E-state index is 12.8. The summed E-state index contributed by atoms with van der Waals surface area (Å²) in [6.45, 7) is 1.02. The van der Waals surface area contributed by atoms with Gasteiger partial charge in [-0.25, -0.2) is 0 Å². The third kappa shape index (κ3) is 6.17. The number of carbonyl (C=O) groups is 1. The number of aryl methyl sites for hydroxylation is 1. The maximum Gasteiger partial charge on any atom is 0.255 e. The molecule has 0 heterocycles. The smallest absolute Gasteiger partial charge is 0.255 e. The largest absolute Gasteiger partial charge is 0.496 e. The van der Waals surface area contributed by atoms with E-state index in [1.165, 1.54) is 0 Å². The Morgan fingerprint density at radius 3 is 2.19 bits per heavy atom. The molecule has 31 heavy (non-hydrogen) atoms. The molecule has 5 heteroatoms. The highest BCUT2D eigenvalue weighted by Crippen LogP contribution is 2.24. The first-order valence-electron chi connectivity index (χ1n) is 10.4. The number of anilines is 1. The molecule has 5 nitrogen and oxygen atoms in total. The first-order valence-corrected chi connectivity index (χ1v) is 10.4. The van der Waals surface area contributed by atoms with Crippen LogP contribution in [0.2, 0.25) is 0 Å². The topological polar surface area (TPSA) is 61.8 Å². The average Bonchev–Trinajstić information content (AvgIpc) is 2.79. The third-order valence-electron chi connectivity index (χ3n) is 5.21. The van der Waals surface area contributed by atoms with Gasteiger partial charge in [0, 0.05) is 11.3 Å². The predicted octanol–water partition coefficient (Wildman–Crippen LogP) is 4.60. The van der Waals surface area contributed by atoms with Crippen LogP contribution in [-0.4, -0.2) is 43.7 Å². The van der Waals surface area contributed by atoms with Crippen LogP contribution in [0.15, 0.2) is 66.7 Å². The molecule has 0 spiro atoms. The number of aliphatic hydroxyl groups is 1. The normalized spacial score (nSPS) is 10.9. The van der Waals surface area contributed by atoms with Gasteiger partial charge in [0.15, 0.2) is 0 Å². The van der Waals surface area contributed by atoms with Crippen molar-refractivity contribution in [3.8, 4) is 16.9 Å². The van der Waals surface area contributed by atoms with E-state index in [1.807, 2.05) is 60.7 Å². The summed E-state index contributed by atoms with van der Waals surface area (Å²) in [5.74, 6) is 0.670. The summed E-state index contributed by atoms with van der Waals surface area (Å²) in [6, 6.07) is 21.1. The SMILES string of the molecule is COc1ccc(C(=O)Nc2ccc(-c3ccc(CO)cc3)cc2)cc1CCCN(C)C. The third-order valence-corrected chi connectivity index (χ3v) is 5.21. The van der Waals surface area contributed by atoms with Crippen LogP contribution in [0, 0.1) is 0 Å². The Morgan fingerprint density at radius 2 is 1.61 bits per heavy atom. The van der Waals surface area contributed by atoms with E-state index < -0.39 is 0 Å². The molecule has 1 amide bonds. The van der Waals surface area contributed by atoms with Crippen LogP contribution in [0.25, 0.3) is 11.1 Å². The predicted molar refractivity (Wildman–Crippen MR) is 126 cm³/mol. The number of aliphatic hydroxyl groups excluding tert-OH is 1. The molecule has 162 valence electrons. The highest BCUT2D eigenvalue weighted by molar-refractivity contribution is 6.04. The van der Waals surface area contributed by atoms with E-state index in [0.29, 0.717) is 5.56 Å². The lowest BCUT2D eigenvalue weighted by molar-refractivity contribution is 0.102. The zero-order chi connectivity index (χ0) is 22.2. The molecule has 0 unspecified atom stereocenters. The molecule has 3 aromatic rings. The molecule has 0 aliphatic rings. The molecule has 2 N–H and O–H groups in total. The van der Waals surface area contributed by atoms with Crippen LogP contribution in [0.1, 0.15) is 27.9 Å². The number of ether oxygens (including phenoxy) is 1. The molecule has 3 rings (SSSR count). The molecule has 0 fully saturated rings. The quantitative estimate of drug-likeness (QED) is 0.533. The van der Waals surface area contributed by atoms with Crippen molar-refractivity contribution < 1.29 is 14.6 Å². The Morgan fingerprint density at radius 1 is 0.968 bits per heavy atom. The second-order valence-corrected chi connectivity index (χ2v) is 7.82. The van der Waals surface area contributed by atoms with Gasteiger partial charge in [0.2, 0.25) is 0 Å². The van der Waals surface area contributed by atoms with Gasteiger partial charge < -0.3 is 20.1 Å². The van der Waals surface area contributed by atoms with Gasteiger partial charge in [-0.3, -0.25) is 4.79 Å². The van der Waals surface area contributed by atoms with Gasteiger partial charge in [0.1, 0.15) is 5.75 Å². The summed E-state index contributed by atoms with van der Waals surface area (Å²) in [6.07, 6.45) is 1.85. The first kappa shape index (κ1) is 22.5. The number of amides is 1. The number of rotatable bonds is 9. The van der Waals surface area contributed by atoms with E-state index in [4.69, 9.17) is 4.74 Å². The van der Waals surface area contributed by atoms with Gasteiger partial charge in [-0.1, -0.05) is 36.4 Å². The fraction of sp³-hybridized carbons (Fsp3) is 0.269. The van der Waals surface area contributed by atoms with Crippen molar-refractivity contribution in [3.05, 3.63) is 83.4 Å². The Labute approximate surface area is 184 Å². The Kier molecular flexibility index (Phi) is 7.82. The zero-order valence-electron chi connectivity index (χ0n) is 18.4. The Bertz CT molecular complexity index is 996. The summed E-state index contributed by atoms with van der Waals surface area (Å²) >= 11 is 0. The van der Waals surface area contributed by atoms with Gasteiger partial charge in [-0.05, 0) is 86.1 Å². The van der Waals surface area contributed by atoms with Gasteiger partial charge in [-0.15, -0.1) is 0 Å². The second kappa shape index (κ2) is 10.8. The molecule has 0 aromatic heterocycles. The number of benzene rings is 3. The van der Waals surface area contributed by atoms with E-state index in [0.717, 1.165) is 53.1 Å². The van der Waals surface area contributed by atoms with Crippen molar-refractivity contribution in [1.82, 2.24) is 4.90 Å². The molecule has 3 aromatic carbocycles. The van der Waals surface area contributed by atoms with E-state index >= 15 is 0 Å². The molecule has 0 saturated carbocycles. The molecular weight excluding hydrogens is 388 g/mol. The molecule has 0 radical (unpaired) electrons. The van der Waals surface area contributed by atoms with Gasteiger partial charge in [0.25, 0.3) is 5.91 Å². The number of carbonyl (C=O) groups excluding carboxylic acids is 1. The van der Waals surface area contributed by atoms with E-state index in [9.17, 15) is 9.90 Å². The number of hydrogen-bond acceptors (Lipinski definition) is 4. The Hall–Kier alpha value is -3.15. The summed E-state index contributed by atoms with van der Waals surface area (Å²) in [5.41, 5.74) is 5.39. The lowest BCUT2D eigenvalue weighted by Crippen LogP contribution is -2.14. The average molecular weight is 419 g/mol.